The number of carboxylic acids is 1. The first kappa shape index (κ1) is 14.0. The lowest BCUT2D eigenvalue weighted by atomic mass is 10.3. The highest BCUT2D eigenvalue weighted by atomic mass is 16.4. The summed E-state index contributed by atoms with van der Waals surface area (Å²) < 4.78 is 3.20. The SMILES string of the molecule is CCC(C)n1ccc(Cn2cccc(C(=O)O)c2=O)n1. The van der Waals surface area contributed by atoms with Crippen LogP contribution in [0.4, 0.5) is 0 Å². The van der Waals surface area contributed by atoms with Gasteiger partial charge in [0.1, 0.15) is 5.56 Å². The number of aromatic carboxylic acids is 1. The maximum absolute atomic E-state index is 12.0. The lowest BCUT2D eigenvalue weighted by Gasteiger charge is -2.08. The summed E-state index contributed by atoms with van der Waals surface area (Å²) in [6.07, 6.45) is 4.40. The van der Waals surface area contributed by atoms with Crippen molar-refractivity contribution in [1.82, 2.24) is 14.3 Å². The molecule has 0 aliphatic heterocycles. The molecule has 0 amide bonds. The van der Waals surface area contributed by atoms with Crippen molar-refractivity contribution >= 4 is 5.97 Å². The maximum atomic E-state index is 12.0. The van der Waals surface area contributed by atoms with Crippen molar-refractivity contribution in [3.05, 3.63) is 52.2 Å². The molecule has 2 rings (SSSR count). The van der Waals surface area contributed by atoms with E-state index < -0.39 is 11.5 Å². The van der Waals surface area contributed by atoms with Crippen molar-refractivity contribution in [3.8, 4) is 0 Å². The van der Waals surface area contributed by atoms with Crippen LogP contribution in [0.5, 0.6) is 0 Å². The largest absolute Gasteiger partial charge is 0.477 e. The highest BCUT2D eigenvalue weighted by Gasteiger charge is 2.11. The smallest absolute Gasteiger partial charge is 0.341 e. The second-order valence-corrected chi connectivity index (χ2v) is 4.70. The molecule has 0 aromatic carbocycles. The van der Waals surface area contributed by atoms with Crippen LogP contribution in [-0.2, 0) is 6.54 Å². The molecule has 106 valence electrons. The molecular formula is C14H17N3O3. The molecule has 6 heteroatoms. The molecule has 0 radical (unpaired) electrons. The predicted octanol–water partition coefficient (Wildman–Crippen LogP) is 1.76. The van der Waals surface area contributed by atoms with Gasteiger partial charge in [0.05, 0.1) is 12.2 Å². The Morgan fingerprint density at radius 2 is 2.15 bits per heavy atom. The summed E-state index contributed by atoms with van der Waals surface area (Å²) in [5.41, 5.74) is -0.0121. The van der Waals surface area contributed by atoms with Crippen LogP contribution in [0.15, 0.2) is 35.4 Å². The zero-order valence-electron chi connectivity index (χ0n) is 11.5. The molecule has 2 heterocycles. The standard InChI is InChI=1S/C14H17N3O3/c1-3-10(2)17-8-6-11(15-17)9-16-7-4-5-12(13(16)18)14(19)20/h4-8,10H,3,9H2,1-2H3,(H,19,20). The highest BCUT2D eigenvalue weighted by molar-refractivity contribution is 5.86. The molecule has 2 aromatic heterocycles. The summed E-state index contributed by atoms with van der Waals surface area (Å²) in [7, 11) is 0. The van der Waals surface area contributed by atoms with Crippen molar-refractivity contribution in [2.24, 2.45) is 0 Å². The van der Waals surface area contributed by atoms with Gasteiger partial charge in [-0.2, -0.15) is 5.10 Å². The van der Waals surface area contributed by atoms with E-state index in [1.165, 1.54) is 10.6 Å². The van der Waals surface area contributed by atoms with Gasteiger partial charge in [0, 0.05) is 18.4 Å². The molecule has 6 nitrogen and oxygen atoms in total. The minimum Gasteiger partial charge on any atom is -0.477 e. The Morgan fingerprint density at radius 1 is 1.40 bits per heavy atom. The third-order valence-corrected chi connectivity index (χ3v) is 3.29. The van der Waals surface area contributed by atoms with Crippen LogP contribution in [0.25, 0.3) is 0 Å². The Kier molecular flexibility index (Phi) is 4.02. The first-order valence-electron chi connectivity index (χ1n) is 6.49. The number of rotatable bonds is 5. The van der Waals surface area contributed by atoms with Crippen LogP contribution in [0, 0.1) is 0 Å². The van der Waals surface area contributed by atoms with Crippen LogP contribution in [0.3, 0.4) is 0 Å². The monoisotopic (exact) mass is 275 g/mol. The molecule has 1 atom stereocenters. The van der Waals surface area contributed by atoms with E-state index in [-0.39, 0.29) is 12.1 Å². The van der Waals surface area contributed by atoms with Gasteiger partial charge in [-0.3, -0.25) is 9.48 Å². The average molecular weight is 275 g/mol. The zero-order valence-corrected chi connectivity index (χ0v) is 11.5. The molecule has 0 bridgehead atoms. The van der Waals surface area contributed by atoms with Crippen LogP contribution in [0.2, 0.25) is 0 Å². The topological polar surface area (TPSA) is 77.1 Å². The Hall–Kier alpha value is -2.37. The summed E-state index contributed by atoms with van der Waals surface area (Å²) in [6.45, 7) is 4.41. The average Bonchev–Trinajstić information content (AvgIpc) is 2.88. The fourth-order valence-electron chi connectivity index (χ4n) is 1.89. The molecule has 0 aliphatic rings. The molecule has 0 fully saturated rings. The second-order valence-electron chi connectivity index (χ2n) is 4.70. The van der Waals surface area contributed by atoms with Gasteiger partial charge in [0.2, 0.25) is 0 Å². The van der Waals surface area contributed by atoms with Gasteiger partial charge in [-0.15, -0.1) is 0 Å². The molecule has 20 heavy (non-hydrogen) atoms. The normalized spacial score (nSPS) is 12.3. The fraction of sp³-hybridized carbons (Fsp3) is 0.357. The molecule has 0 saturated heterocycles. The number of nitrogens with zero attached hydrogens (tertiary/aromatic N) is 3. The molecule has 0 aliphatic carbocycles. The lowest BCUT2D eigenvalue weighted by molar-refractivity contribution is 0.0694. The minimum atomic E-state index is -1.21. The van der Waals surface area contributed by atoms with Crippen LogP contribution in [-0.4, -0.2) is 25.4 Å². The molecule has 0 spiro atoms. The summed E-state index contributed by atoms with van der Waals surface area (Å²) >= 11 is 0. The Morgan fingerprint density at radius 3 is 2.80 bits per heavy atom. The van der Waals surface area contributed by atoms with E-state index in [1.807, 2.05) is 16.9 Å². The number of carboxylic acid groups (broad SMARTS) is 1. The lowest BCUT2D eigenvalue weighted by Crippen LogP contribution is -2.26. The van der Waals surface area contributed by atoms with E-state index in [9.17, 15) is 9.59 Å². The number of aromatic nitrogens is 3. The molecule has 2 aromatic rings. The summed E-state index contributed by atoms with van der Waals surface area (Å²) in [5, 5.41) is 13.3. The molecule has 1 unspecified atom stereocenters. The van der Waals surface area contributed by atoms with E-state index in [2.05, 4.69) is 18.9 Å². The van der Waals surface area contributed by atoms with Gasteiger partial charge in [0.15, 0.2) is 0 Å². The summed E-state index contributed by atoms with van der Waals surface area (Å²) in [6, 6.07) is 4.99. The van der Waals surface area contributed by atoms with Gasteiger partial charge in [0.25, 0.3) is 5.56 Å². The number of pyridine rings is 1. The maximum Gasteiger partial charge on any atom is 0.341 e. The Balaban J connectivity index is 2.27. The van der Waals surface area contributed by atoms with Crippen LogP contribution < -0.4 is 5.56 Å². The van der Waals surface area contributed by atoms with Gasteiger partial charge in [-0.1, -0.05) is 6.92 Å². The van der Waals surface area contributed by atoms with Crippen molar-refractivity contribution in [2.45, 2.75) is 32.9 Å². The van der Waals surface area contributed by atoms with E-state index in [4.69, 9.17) is 5.11 Å². The molecule has 1 N–H and O–H groups in total. The van der Waals surface area contributed by atoms with Crippen LogP contribution in [0.1, 0.15) is 42.4 Å². The van der Waals surface area contributed by atoms with E-state index in [1.54, 1.807) is 12.3 Å². The van der Waals surface area contributed by atoms with E-state index in [0.29, 0.717) is 6.04 Å². The summed E-state index contributed by atoms with van der Waals surface area (Å²) in [4.78, 5) is 22.9. The third-order valence-electron chi connectivity index (χ3n) is 3.29. The number of hydrogen-bond acceptors (Lipinski definition) is 3. The van der Waals surface area contributed by atoms with Crippen LogP contribution >= 0.6 is 0 Å². The quantitative estimate of drug-likeness (QED) is 0.902. The third kappa shape index (κ3) is 2.79. The first-order valence-corrected chi connectivity index (χ1v) is 6.49. The first-order chi connectivity index (χ1) is 9.52. The van der Waals surface area contributed by atoms with Gasteiger partial charge in [-0.05, 0) is 31.5 Å². The van der Waals surface area contributed by atoms with Crippen molar-refractivity contribution < 1.29 is 9.90 Å². The van der Waals surface area contributed by atoms with Gasteiger partial charge < -0.3 is 9.67 Å². The van der Waals surface area contributed by atoms with E-state index in [0.717, 1.165) is 12.1 Å². The van der Waals surface area contributed by atoms with Gasteiger partial charge in [-0.25, -0.2) is 4.79 Å². The van der Waals surface area contributed by atoms with Crippen molar-refractivity contribution in [3.63, 3.8) is 0 Å². The van der Waals surface area contributed by atoms with Crippen molar-refractivity contribution in [1.29, 1.82) is 0 Å². The number of hydrogen-bond donors (Lipinski definition) is 1. The summed E-state index contributed by atoms with van der Waals surface area (Å²) in [5.74, 6) is -1.21. The Labute approximate surface area is 116 Å². The van der Waals surface area contributed by atoms with Crippen molar-refractivity contribution in [2.75, 3.05) is 0 Å². The predicted molar refractivity (Wildman–Crippen MR) is 74.0 cm³/mol. The molecular weight excluding hydrogens is 258 g/mol. The Bertz CT molecular complexity index is 672. The zero-order chi connectivity index (χ0) is 14.7. The number of carbonyl (C=O) groups is 1. The molecule has 0 saturated carbocycles. The van der Waals surface area contributed by atoms with Gasteiger partial charge >= 0.3 is 5.97 Å². The van der Waals surface area contributed by atoms with E-state index >= 15 is 0 Å². The second kappa shape index (κ2) is 5.73. The fourth-order valence-corrected chi connectivity index (χ4v) is 1.89. The minimum absolute atomic E-state index is 0.228. The highest BCUT2D eigenvalue weighted by Crippen LogP contribution is 2.09.